The van der Waals surface area contributed by atoms with Gasteiger partial charge in [-0.3, -0.25) is 10.1 Å². The zero-order chi connectivity index (χ0) is 23.1. The third-order valence-corrected chi connectivity index (χ3v) is 4.67. The van der Waals surface area contributed by atoms with E-state index in [-0.39, 0.29) is 16.6 Å². The van der Waals surface area contributed by atoms with Gasteiger partial charge in [-0.05, 0) is 49.4 Å². The van der Waals surface area contributed by atoms with E-state index in [4.69, 9.17) is 32.7 Å². The molecule has 0 saturated heterocycles. The van der Waals surface area contributed by atoms with E-state index < -0.39 is 11.0 Å². The number of nitrogens with zero attached hydrogens (tertiary/aromatic N) is 2. The van der Waals surface area contributed by atoms with Crippen LogP contribution < -0.4 is 10.1 Å². The summed E-state index contributed by atoms with van der Waals surface area (Å²) in [6.07, 6.45) is 0. The van der Waals surface area contributed by atoms with Gasteiger partial charge in [0.1, 0.15) is 11.5 Å². The van der Waals surface area contributed by atoms with E-state index in [1.165, 1.54) is 30.3 Å². The molecule has 0 aliphatic heterocycles. The van der Waals surface area contributed by atoms with E-state index in [9.17, 15) is 14.9 Å². The molecule has 3 rings (SSSR count). The number of nitro benzene ring substituents is 1. The number of carbonyl (C=O) groups is 1. The Morgan fingerprint density at radius 1 is 1.06 bits per heavy atom. The van der Waals surface area contributed by atoms with E-state index in [1.54, 1.807) is 43.3 Å². The number of rotatable bonds is 6. The van der Waals surface area contributed by atoms with Gasteiger partial charge < -0.3 is 14.8 Å². The van der Waals surface area contributed by atoms with Crippen molar-refractivity contribution in [2.45, 2.75) is 6.92 Å². The van der Waals surface area contributed by atoms with E-state index >= 15 is 0 Å². The molecule has 0 spiro atoms. The van der Waals surface area contributed by atoms with Crippen molar-refractivity contribution in [3.05, 3.63) is 92.5 Å². The maximum Gasteiger partial charge on any atom is 0.348 e. The van der Waals surface area contributed by atoms with Crippen molar-refractivity contribution in [1.82, 2.24) is 0 Å². The molecule has 0 radical (unpaired) electrons. The maximum absolute atomic E-state index is 12.4. The fraction of sp³-hybridized carbons (Fsp3) is 0.0909. The molecule has 3 aromatic carbocycles. The van der Waals surface area contributed by atoms with Crippen LogP contribution in [0.4, 0.5) is 16.2 Å². The summed E-state index contributed by atoms with van der Waals surface area (Å²) in [5.74, 6) is 0.785. The molecule has 0 aliphatic carbocycles. The molecule has 164 valence electrons. The predicted molar refractivity (Wildman–Crippen MR) is 123 cm³/mol. The third kappa shape index (κ3) is 5.96. The van der Waals surface area contributed by atoms with Crippen LogP contribution in [0.15, 0.2) is 71.7 Å². The van der Waals surface area contributed by atoms with Crippen LogP contribution >= 0.6 is 23.2 Å². The Morgan fingerprint density at radius 3 is 2.41 bits per heavy atom. The van der Waals surface area contributed by atoms with Gasteiger partial charge in [-0.15, -0.1) is 0 Å². The van der Waals surface area contributed by atoms with Crippen LogP contribution in [0.2, 0.25) is 10.0 Å². The Hall–Kier alpha value is -3.62. The highest BCUT2D eigenvalue weighted by Crippen LogP contribution is 2.32. The lowest BCUT2D eigenvalue weighted by molar-refractivity contribution is -0.384. The molecule has 0 bridgehead atoms. The van der Waals surface area contributed by atoms with Crippen LogP contribution in [0.5, 0.6) is 11.5 Å². The maximum atomic E-state index is 12.4. The number of urea groups is 1. The quantitative estimate of drug-likeness (QED) is 0.185. The standard InChI is InChI=1S/C22H17Cl2N3O5/c1-2-31-21(17-5-3-4-6-18(17)23)26-22(28)25-14-7-12-20(19(24)13-14)32-16-10-8-15(9-11-16)27(29)30/h3-13H,2H2,1H3,(H,25,28)/b26-21-. The number of hydrogen-bond donors (Lipinski definition) is 1. The number of nitro groups is 1. The van der Waals surface area contributed by atoms with Crippen molar-refractivity contribution >= 4 is 46.5 Å². The van der Waals surface area contributed by atoms with Gasteiger partial charge in [0.05, 0.1) is 27.1 Å². The van der Waals surface area contributed by atoms with Gasteiger partial charge in [-0.2, -0.15) is 4.99 Å². The van der Waals surface area contributed by atoms with Gasteiger partial charge in [0.25, 0.3) is 5.69 Å². The third-order valence-electron chi connectivity index (χ3n) is 4.05. The second-order valence-electron chi connectivity index (χ2n) is 6.26. The van der Waals surface area contributed by atoms with E-state index in [0.29, 0.717) is 34.4 Å². The summed E-state index contributed by atoms with van der Waals surface area (Å²) in [5, 5.41) is 14.0. The summed E-state index contributed by atoms with van der Waals surface area (Å²) in [6.45, 7) is 2.07. The molecule has 0 unspecified atom stereocenters. The number of ether oxygens (including phenoxy) is 2. The van der Waals surface area contributed by atoms with Gasteiger partial charge in [0, 0.05) is 17.8 Å². The normalized spacial score (nSPS) is 11.0. The van der Waals surface area contributed by atoms with Gasteiger partial charge >= 0.3 is 6.03 Å². The van der Waals surface area contributed by atoms with Gasteiger partial charge in [-0.25, -0.2) is 4.79 Å². The minimum atomic E-state index is -0.673. The zero-order valence-corrected chi connectivity index (χ0v) is 18.3. The first-order chi connectivity index (χ1) is 15.4. The number of aliphatic imine (C=N–C) groups is 1. The molecule has 0 atom stereocenters. The predicted octanol–water partition coefficient (Wildman–Crippen LogP) is 6.71. The van der Waals surface area contributed by atoms with Crippen molar-refractivity contribution < 1.29 is 19.2 Å². The lowest BCUT2D eigenvalue weighted by atomic mass is 10.2. The Labute approximate surface area is 193 Å². The lowest BCUT2D eigenvalue weighted by Gasteiger charge is -2.11. The Kier molecular flexibility index (Phi) is 7.64. The Bertz CT molecular complexity index is 1170. The smallest absolute Gasteiger partial charge is 0.348 e. The topological polar surface area (TPSA) is 103 Å². The molecule has 2 amide bonds. The molecular formula is C22H17Cl2N3O5. The first kappa shape index (κ1) is 23.1. The zero-order valence-electron chi connectivity index (χ0n) is 16.7. The Balaban J connectivity index is 1.72. The molecule has 0 saturated carbocycles. The number of amides is 2. The van der Waals surface area contributed by atoms with E-state index in [2.05, 4.69) is 10.3 Å². The van der Waals surface area contributed by atoms with Crippen LogP contribution in [0.1, 0.15) is 12.5 Å². The van der Waals surface area contributed by atoms with Gasteiger partial charge in [0.15, 0.2) is 0 Å². The number of halogens is 2. The number of carbonyl (C=O) groups excluding carboxylic acids is 1. The number of non-ortho nitro benzene ring substituents is 1. The summed E-state index contributed by atoms with van der Waals surface area (Å²) < 4.78 is 11.1. The Morgan fingerprint density at radius 2 is 1.78 bits per heavy atom. The van der Waals surface area contributed by atoms with Gasteiger partial charge in [-0.1, -0.05) is 35.3 Å². The van der Waals surface area contributed by atoms with Crippen molar-refractivity contribution in [2.24, 2.45) is 4.99 Å². The summed E-state index contributed by atoms with van der Waals surface area (Å²) in [5.41, 5.74) is 0.830. The summed E-state index contributed by atoms with van der Waals surface area (Å²) >= 11 is 12.4. The van der Waals surface area contributed by atoms with Crippen molar-refractivity contribution in [1.29, 1.82) is 0 Å². The number of hydrogen-bond acceptors (Lipinski definition) is 5. The minimum Gasteiger partial charge on any atom is -0.477 e. The first-order valence-electron chi connectivity index (χ1n) is 9.36. The van der Waals surface area contributed by atoms with Crippen molar-refractivity contribution in [2.75, 3.05) is 11.9 Å². The van der Waals surface area contributed by atoms with E-state index in [1.807, 2.05) is 0 Å². The largest absolute Gasteiger partial charge is 0.477 e. The second-order valence-corrected chi connectivity index (χ2v) is 7.07. The second kappa shape index (κ2) is 10.6. The molecule has 0 heterocycles. The number of benzene rings is 3. The molecule has 8 nitrogen and oxygen atoms in total. The van der Waals surface area contributed by atoms with E-state index in [0.717, 1.165) is 0 Å². The van der Waals surface area contributed by atoms with Crippen LogP contribution in [0.3, 0.4) is 0 Å². The summed E-state index contributed by atoms with van der Waals surface area (Å²) in [6, 6.07) is 16.4. The number of nitrogens with one attached hydrogen (secondary N) is 1. The molecule has 10 heteroatoms. The average molecular weight is 474 g/mol. The highest BCUT2D eigenvalue weighted by molar-refractivity contribution is 6.34. The molecular weight excluding hydrogens is 457 g/mol. The van der Waals surface area contributed by atoms with Crippen LogP contribution in [0, 0.1) is 10.1 Å². The molecule has 0 aromatic heterocycles. The summed E-state index contributed by atoms with van der Waals surface area (Å²) in [7, 11) is 0. The molecule has 1 N–H and O–H groups in total. The highest BCUT2D eigenvalue weighted by Gasteiger charge is 2.13. The first-order valence-corrected chi connectivity index (χ1v) is 10.1. The van der Waals surface area contributed by atoms with Crippen molar-refractivity contribution in [3.8, 4) is 11.5 Å². The molecule has 32 heavy (non-hydrogen) atoms. The minimum absolute atomic E-state index is 0.0507. The molecule has 0 fully saturated rings. The molecule has 0 aliphatic rings. The van der Waals surface area contributed by atoms with Crippen molar-refractivity contribution in [3.63, 3.8) is 0 Å². The fourth-order valence-electron chi connectivity index (χ4n) is 2.61. The fourth-order valence-corrected chi connectivity index (χ4v) is 3.05. The summed E-state index contributed by atoms with van der Waals surface area (Å²) in [4.78, 5) is 26.6. The lowest BCUT2D eigenvalue weighted by Crippen LogP contribution is -2.14. The van der Waals surface area contributed by atoms with Crippen LogP contribution in [-0.4, -0.2) is 23.5 Å². The van der Waals surface area contributed by atoms with Crippen LogP contribution in [-0.2, 0) is 4.74 Å². The average Bonchev–Trinajstić information content (AvgIpc) is 2.76. The SMILES string of the molecule is CCO/C(=N\C(=O)Nc1ccc(Oc2ccc([N+](=O)[O-])cc2)c(Cl)c1)c1ccccc1Cl. The molecule has 3 aromatic rings. The monoisotopic (exact) mass is 473 g/mol. The number of anilines is 1. The highest BCUT2D eigenvalue weighted by atomic mass is 35.5. The van der Waals surface area contributed by atoms with Crippen LogP contribution in [0.25, 0.3) is 0 Å². The van der Waals surface area contributed by atoms with Gasteiger partial charge in [0.2, 0.25) is 5.90 Å².